The fraction of sp³-hybridized carbons (Fsp3) is 0.929. The minimum atomic E-state index is -3.56. The number of carbonyl (C=O) groups excluding carboxylic acids is 1. The Bertz CT molecular complexity index is 444. The summed E-state index contributed by atoms with van der Waals surface area (Å²) in [6.07, 6.45) is 1.39. The molecular weight excluding hydrogens is 312 g/mol. The van der Waals surface area contributed by atoms with Crippen molar-refractivity contribution in [3.05, 3.63) is 0 Å². The maximum Gasteiger partial charge on any atom is 0.276 e. The van der Waals surface area contributed by atoms with E-state index in [4.69, 9.17) is 8.37 Å². The van der Waals surface area contributed by atoms with E-state index in [0.29, 0.717) is 31.1 Å². The maximum atomic E-state index is 12.3. The second-order valence-corrected chi connectivity index (χ2v) is 11.6. The molecule has 1 aliphatic rings. The topological polar surface area (TPSA) is 69.7 Å². The van der Waals surface area contributed by atoms with E-state index in [0.717, 1.165) is 6.42 Å². The molecule has 21 heavy (non-hydrogen) atoms. The Hall–Kier alpha value is -0.110. The summed E-state index contributed by atoms with van der Waals surface area (Å²) in [6, 6.07) is 0. The summed E-state index contributed by atoms with van der Waals surface area (Å²) >= 11 is 0. The van der Waals surface area contributed by atoms with Gasteiger partial charge in [0.25, 0.3) is 10.1 Å². The average Bonchev–Trinajstić information content (AvgIpc) is 2.35. The lowest BCUT2D eigenvalue weighted by Crippen LogP contribution is -2.36. The monoisotopic (exact) mass is 340 g/mol. The fourth-order valence-corrected chi connectivity index (χ4v) is 7.55. The molecule has 0 radical (unpaired) electrons. The fourth-order valence-electron chi connectivity index (χ4n) is 1.89. The standard InChI is InChI=1S/C14H28O5S2/c1-5-6-9-21(16,17)19-20(10-7-18-8-11-20)12-13(15)14(2,3)4/h5-12H2,1-4H3. The Morgan fingerprint density at radius 2 is 1.81 bits per heavy atom. The molecule has 7 heteroatoms. The van der Waals surface area contributed by atoms with Crippen LogP contribution in [0.15, 0.2) is 0 Å². The van der Waals surface area contributed by atoms with Gasteiger partial charge in [0.15, 0.2) is 0 Å². The van der Waals surface area contributed by atoms with E-state index in [-0.39, 0.29) is 17.3 Å². The zero-order valence-electron chi connectivity index (χ0n) is 13.5. The Labute approximate surface area is 130 Å². The molecule has 0 aromatic rings. The molecular formula is C14H28O5S2. The third kappa shape index (κ3) is 6.26. The number of carbonyl (C=O) groups is 1. The lowest BCUT2D eigenvalue weighted by molar-refractivity contribution is -0.123. The Kier molecular flexibility index (Phi) is 6.71. The minimum absolute atomic E-state index is 0.0306. The van der Waals surface area contributed by atoms with Gasteiger partial charge in [-0.25, -0.2) is 3.63 Å². The Balaban J connectivity index is 2.86. The molecule has 1 heterocycles. The number of ether oxygens (including phenoxy) is 1. The zero-order valence-corrected chi connectivity index (χ0v) is 15.1. The summed E-state index contributed by atoms with van der Waals surface area (Å²) in [5, 5.41) is 0. The normalized spacial score (nSPS) is 21.0. The van der Waals surface area contributed by atoms with Gasteiger partial charge >= 0.3 is 0 Å². The van der Waals surface area contributed by atoms with Crippen molar-refractivity contribution < 1.29 is 21.6 Å². The van der Waals surface area contributed by atoms with Crippen LogP contribution in [0.5, 0.6) is 0 Å². The van der Waals surface area contributed by atoms with Gasteiger partial charge in [0.05, 0.1) is 24.7 Å². The van der Waals surface area contributed by atoms with E-state index in [1.807, 2.05) is 27.7 Å². The third-order valence-corrected chi connectivity index (χ3v) is 8.81. The quantitative estimate of drug-likeness (QED) is 0.712. The summed E-state index contributed by atoms with van der Waals surface area (Å²) in [5.74, 6) is 1.36. The van der Waals surface area contributed by atoms with Crippen molar-refractivity contribution in [2.75, 3.05) is 36.2 Å². The van der Waals surface area contributed by atoms with Gasteiger partial charge in [-0.3, -0.25) is 4.79 Å². The van der Waals surface area contributed by atoms with Gasteiger partial charge in [0.2, 0.25) is 0 Å². The highest BCUT2D eigenvalue weighted by Crippen LogP contribution is 2.52. The van der Waals surface area contributed by atoms with Crippen LogP contribution in [-0.2, 0) is 23.3 Å². The van der Waals surface area contributed by atoms with Gasteiger partial charge in [-0.15, -0.1) is 10.3 Å². The highest BCUT2D eigenvalue weighted by atomic mass is 32.3. The van der Waals surface area contributed by atoms with Crippen molar-refractivity contribution in [2.24, 2.45) is 5.41 Å². The Morgan fingerprint density at radius 3 is 2.29 bits per heavy atom. The smallest absolute Gasteiger partial charge is 0.276 e. The summed E-state index contributed by atoms with van der Waals surface area (Å²) in [5.41, 5.74) is -0.477. The van der Waals surface area contributed by atoms with E-state index in [9.17, 15) is 13.2 Å². The van der Waals surface area contributed by atoms with E-state index < -0.39 is 25.8 Å². The molecule has 0 aromatic carbocycles. The summed E-state index contributed by atoms with van der Waals surface area (Å²) < 4.78 is 35.2. The third-order valence-electron chi connectivity index (χ3n) is 3.43. The number of Topliss-reactive ketones (excluding diaryl/α,β-unsaturated/α-hetero) is 1. The molecule has 0 N–H and O–H groups in total. The van der Waals surface area contributed by atoms with Crippen molar-refractivity contribution in [1.82, 2.24) is 0 Å². The van der Waals surface area contributed by atoms with Crippen molar-refractivity contribution in [1.29, 1.82) is 0 Å². The predicted octanol–water partition coefficient (Wildman–Crippen LogP) is 2.50. The first-order valence-corrected chi connectivity index (χ1v) is 11.1. The number of hydrogen-bond donors (Lipinski definition) is 0. The molecule has 0 aromatic heterocycles. The first-order chi connectivity index (χ1) is 9.60. The highest BCUT2D eigenvalue weighted by molar-refractivity contribution is 8.33. The van der Waals surface area contributed by atoms with Crippen LogP contribution in [0.1, 0.15) is 40.5 Å². The molecule has 0 spiro atoms. The summed E-state index contributed by atoms with van der Waals surface area (Å²) in [7, 11) is -5.49. The number of ketones is 1. The molecule has 0 unspecified atom stereocenters. The van der Waals surface area contributed by atoms with Crippen molar-refractivity contribution >= 4 is 26.2 Å². The van der Waals surface area contributed by atoms with Gasteiger partial charge in [0.1, 0.15) is 5.78 Å². The molecule has 0 bridgehead atoms. The summed E-state index contributed by atoms with van der Waals surface area (Å²) in [6.45, 7) is 8.44. The van der Waals surface area contributed by atoms with Gasteiger partial charge in [-0.1, -0.05) is 34.1 Å². The molecule has 1 fully saturated rings. The van der Waals surface area contributed by atoms with Crippen LogP contribution < -0.4 is 0 Å². The van der Waals surface area contributed by atoms with Crippen LogP contribution >= 0.6 is 10.3 Å². The largest absolute Gasteiger partial charge is 0.380 e. The second kappa shape index (κ2) is 7.44. The highest BCUT2D eigenvalue weighted by Gasteiger charge is 2.38. The number of unbranched alkanes of at least 4 members (excludes halogenated alkanes) is 1. The molecule has 0 aliphatic carbocycles. The summed E-state index contributed by atoms with van der Waals surface area (Å²) in [4.78, 5) is 12.3. The predicted molar refractivity (Wildman–Crippen MR) is 87.3 cm³/mol. The molecule has 126 valence electrons. The van der Waals surface area contributed by atoms with E-state index in [2.05, 4.69) is 0 Å². The second-order valence-electron chi connectivity index (χ2n) is 6.49. The van der Waals surface area contributed by atoms with E-state index >= 15 is 0 Å². The Morgan fingerprint density at radius 1 is 1.24 bits per heavy atom. The number of rotatable bonds is 7. The molecule has 1 saturated heterocycles. The number of hydrogen-bond acceptors (Lipinski definition) is 5. The average molecular weight is 341 g/mol. The zero-order chi connectivity index (χ0) is 16.1. The molecule has 5 nitrogen and oxygen atoms in total. The van der Waals surface area contributed by atoms with E-state index in [1.54, 1.807) is 0 Å². The maximum absolute atomic E-state index is 12.3. The lowest BCUT2D eigenvalue weighted by Gasteiger charge is -2.41. The van der Waals surface area contributed by atoms with Crippen molar-refractivity contribution in [3.8, 4) is 0 Å². The molecule has 0 amide bonds. The van der Waals surface area contributed by atoms with Crippen LogP contribution in [-0.4, -0.2) is 50.4 Å². The van der Waals surface area contributed by atoms with Crippen LogP contribution in [0.2, 0.25) is 0 Å². The van der Waals surface area contributed by atoms with Gasteiger partial charge in [0, 0.05) is 16.9 Å². The lowest BCUT2D eigenvalue weighted by atomic mass is 9.92. The van der Waals surface area contributed by atoms with Crippen LogP contribution in [0.25, 0.3) is 0 Å². The molecule has 0 saturated carbocycles. The van der Waals surface area contributed by atoms with Gasteiger partial charge in [-0.05, 0) is 6.42 Å². The first kappa shape index (κ1) is 18.9. The molecule has 1 rings (SSSR count). The van der Waals surface area contributed by atoms with Gasteiger partial charge < -0.3 is 4.74 Å². The van der Waals surface area contributed by atoms with Crippen LogP contribution in [0, 0.1) is 5.41 Å². The van der Waals surface area contributed by atoms with Crippen molar-refractivity contribution in [3.63, 3.8) is 0 Å². The minimum Gasteiger partial charge on any atom is -0.380 e. The van der Waals surface area contributed by atoms with Gasteiger partial charge in [-0.2, -0.15) is 8.42 Å². The van der Waals surface area contributed by atoms with E-state index in [1.165, 1.54) is 0 Å². The van der Waals surface area contributed by atoms with Crippen LogP contribution in [0.4, 0.5) is 0 Å². The SMILES string of the molecule is CCCCS(=O)(=O)OS1(CC(=O)C(C)(C)C)CCOCC1. The van der Waals surface area contributed by atoms with Crippen molar-refractivity contribution in [2.45, 2.75) is 40.5 Å². The molecule has 0 atom stereocenters. The first-order valence-electron chi connectivity index (χ1n) is 7.41. The van der Waals surface area contributed by atoms with Crippen LogP contribution in [0.3, 0.4) is 0 Å². The molecule has 1 aliphatic heterocycles.